The van der Waals surface area contributed by atoms with E-state index in [-0.39, 0.29) is 70.2 Å². The molecule has 0 radical (unpaired) electrons. The van der Waals surface area contributed by atoms with Crippen molar-refractivity contribution in [2.75, 3.05) is 0 Å². The summed E-state index contributed by atoms with van der Waals surface area (Å²) in [6.45, 7) is 0. The fraction of sp³-hybridized carbons (Fsp3) is 0. The molecule has 0 aliphatic heterocycles. The molecule has 0 amide bonds. The molecule has 0 atom stereocenters. The van der Waals surface area contributed by atoms with Gasteiger partial charge < -0.3 is 19.8 Å². The van der Waals surface area contributed by atoms with Crippen LogP contribution in [0.15, 0.2) is 48.5 Å². The van der Waals surface area contributed by atoms with E-state index in [0.717, 1.165) is 5.56 Å². The first-order valence-corrected chi connectivity index (χ1v) is 5.22. The van der Waals surface area contributed by atoms with Crippen molar-refractivity contribution in [3.05, 3.63) is 59.7 Å². The number of aromatic carboxylic acids is 2. The molecule has 0 aliphatic rings. The molecular formula is C14H8Na2O4. The van der Waals surface area contributed by atoms with Crippen LogP contribution in [-0.2, 0) is 0 Å². The van der Waals surface area contributed by atoms with E-state index in [2.05, 4.69) is 0 Å². The molecule has 0 spiro atoms. The average molecular weight is 286 g/mol. The predicted molar refractivity (Wildman–Crippen MR) is 60.5 cm³/mol. The number of carbonyl (C=O) groups excluding carboxylic acids is 2. The molecule has 0 aromatic heterocycles. The van der Waals surface area contributed by atoms with Crippen LogP contribution in [0.3, 0.4) is 0 Å². The van der Waals surface area contributed by atoms with Crippen molar-refractivity contribution in [3.63, 3.8) is 0 Å². The maximum atomic E-state index is 10.9. The van der Waals surface area contributed by atoms with Crippen LogP contribution >= 0.6 is 0 Å². The van der Waals surface area contributed by atoms with Crippen molar-refractivity contribution in [2.24, 2.45) is 0 Å². The third-order valence-electron chi connectivity index (χ3n) is 2.57. The van der Waals surface area contributed by atoms with Gasteiger partial charge in [-0.25, -0.2) is 0 Å². The molecule has 0 bridgehead atoms. The zero-order chi connectivity index (χ0) is 13.1. The van der Waals surface area contributed by atoms with Gasteiger partial charge in [0.25, 0.3) is 0 Å². The summed E-state index contributed by atoms with van der Waals surface area (Å²) in [6.07, 6.45) is 0. The molecule has 0 unspecified atom stereocenters. The second-order valence-electron chi connectivity index (χ2n) is 3.70. The van der Waals surface area contributed by atoms with E-state index >= 15 is 0 Å². The van der Waals surface area contributed by atoms with Crippen LogP contribution in [0.4, 0.5) is 0 Å². The fourth-order valence-corrected chi connectivity index (χ4v) is 1.70. The number of rotatable bonds is 3. The average Bonchev–Trinajstić information content (AvgIpc) is 2.39. The van der Waals surface area contributed by atoms with E-state index in [1.807, 2.05) is 6.07 Å². The molecule has 90 valence electrons. The predicted octanol–water partition coefficient (Wildman–Crippen LogP) is -5.91. The summed E-state index contributed by atoms with van der Waals surface area (Å²) in [4.78, 5) is 21.7. The van der Waals surface area contributed by atoms with Crippen LogP contribution in [0.2, 0.25) is 0 Å². The summed E-state index contributed by atoms with van der Waals surface area (Å²) in [6, 6.07) is 13.1. The van der Waals surface area contributed by atoms with E-state index in [4.69, 9.17) is 0 Å². The largest absolute Gasteiger partial charge is 1.00 e. The topological polar surface area (TPSA) is 80.3 Å². The van der Waals surface area contributed by atoms with Crippen molar-refractivity contribution in [2.45, 2.75) is 0 Å². The second-order valence-corrected chi connectivity index (χ2v) is 3.70. The Labute approximate surface area is 160 Å². The van der Waals surface area contributed by atoms with Crippen LogP contribution in [0.5, 0.6) is 0 Å². The smallest absolute Gasteiger partial charge is 0.545 e. The Morgan fingerprint density at radius 2 is 1.25 bits per heavy atom. The Bertz CT molecular complexity index is 612. The molecule has 0 saturated heterocycles. The molecule has 6 heteroatoms. The minimum atomic E-state index is -1.54. The number of carboxylic acids is 2. The molecule has 4 nitrogen and oxygen atoms in total. The van der Waals surface area contributed by atoms with Gasteiger partial charge in [-0.15, -0.1) is 0 Å². The van der Waals surface area contributed by atoms with Crippen molar-refractivity contribution >= 4 is 11.9 Å². The third-order valence-corrected chi connectivity index (χ3v) is 2.57. The maximum absolute atomic E-state index is 10.9. The van der Waals surface area contributed by atoms with Gasteiger partial charge in [0, 0.05) is 11.1 Å². The summed E-state index contributed by atoms with van der Waals surface area (Å²) >= 11 is 0. The van der Waals surface area contributed by atoms with E-state index in [0.29, 0.717) is 5.56 Å². The Balaban J connectivity index is 0.00000180. The molecule has 20 heavy (non-hydrogen) atoms. The van der Waals surface area contributed by atoms with Crippen molar-refractivity contribution in [3.8, 4) is 11.1 Å². The molecule has 2 aromatic rings. The molecule has 0 fully saturated rings. The number of hydrogen-bond acceptors (Lipinski definition) is 4. The van der Waals surface area contributed by atoms with Gasteiger partial charge in [0.05, 0.1) is 11.9 Å². The van der Waals surface area contributed by atoms with Gasteiger partial charge in [-0.05, 0) is 17.2 Å². The van der Waals surface area contributed by atoms with Crippen molar-refractivity contribution < 1.29 is 78.9 Å². The maximum Gasteiger partial charge on any atom is 1.00 e. The van der Waals surface area contributed by atoms with E-state index in [9.17, 15) is 19.8 Å². The van der Waals surface area contributed by atoms with Crippen molar-refractivity contribution in [1.82, 2.24) is 0 Å². The fourth-order valence-electron chi connectivity index (χ4n) is 1.70. The molecule has 2 rings (SSSR count). The number of hydrogen-bond donors (Lipinski definition) is 0. The number of carboxylic acid groups (broad SMARTS) is 2. The Morgan fingerprint density at radius 1 is 0.700 bits per heavy atom. The van der Waals surface area contributed by atoms with E-state index in [1.165, 1.54) is 18.2 Å². The van der Waals surface area contributed by atoms with Gasteiger partial charge in [-0.1, -0.05) is 42.5 Å². The summed E-state index contributed by atoms with van der Waals surface area (Å²) < 4.78 is 0. The molecule has 0 saturated carbocycles. The zero-order valence-corrected chi connectivity index (χ0v) is 15.3. The van der Waals surface area contributed by atoms with Crippen LogP contribution < -0.4 is 69.3 Å². The first kappa shape index (κ1) is 19.4. The summed E-state index contributed by atoms with van der Waals surface area (Å²) in [5.41, 5.74) is 0.649. The molecule has 0 aliphatic carbocycles. The normalized spacial score (nSPS) is 9.00. The minimum Gasteiger partial charge on any atom is -0.545 e. The summed E-state index contributed by atoms with van der Waals surface area (Å²) in [5.74, 6) is -3.07. The van der Waals surface area contributed by atoms with Crippen LogP contribution in [0.1, 0.15) is 20.7 Å². The number of benzene rings is 2. The first-order valence-electron chi connectivity index (χ1n) is 5.22. The first-order chi connectivity index (χ1) is 8.59. The van der Waals surface area contributed by atoms with E-state index in [1.54, 1.807) is 24.3 Å². The molecule has 2 aromatic carbocycles. The van der Waals surface area contributed by atoms with Crippen LogP contribution in [0.25, 0.3) is 11.1 Å². The quantitative estimate of drug-likeness (QED) is 0.526. The molecule has 0 heterocycles. The molecule has 0 N–H and O–H groups in total. The van der Waals surface area contributed by atoms with Crippen LogP contribution in [0, 0.1) is 0 Å². The van der Waals surface area contributed by atoms with Gasteiger partial charge in [-0.3, -0.25) is 0 Å². The van der Waals surface area contributed by atoms with Gasteiger partial charge in [0.1, 0.15) is 0 Å². The summed E-state index contributed by atoms with van der Waals surface area (Å²) in [7, 11) is 0. The Kier molecular flexibility index (Phi) is 8.35. The summed E-state index contributed by atoms with van der Waals surface area (Å²) in [5, 5.41) is 21.7. The van der Waals surface area contributed by atoms with Gasteiger partial charge >= 0.3 is 59.1 Å². The SMILES string of the molecule is O=C([O-])c1ccc(-c2ccccc2)cc1C(=O)[O-].[Na+].[Na+]. The standard InChI is InChI=1S/C14H10O4.2Na/c15-13(16)11-7-6-10(8-12(11)14(17)18)9-4-2-1-3-5-9;;/h1-8H,(H,15,16)(H,17,18);;/q;2*+1/p-2. The van der Waals surface area contributed by atoms with E-state index < -0.39 is 11.9 Å². The van der Waals surface area contributed by atoms with Crippen molar-refractivity contribution in [1.29, 1.82) is 0 Å². The minimum absolute atomic E-state index is 0. The second kappa shape index (κ2) is 8.62. The Morgan fingerprint density at radius 3 is 1.75 bits per heavy atom. The third kappa shape index (κ3) is 4.45. The van der Waals surface area contributed by atoms with Gasteiger partial charge in [-0.2, -0.15) is 0 Å². The molecular weight excluding hydrogens is 278 g/mol. The van der Waals surface area contributed by atoms with Crippen LogP contribution in [-0.4, -0.2) is 11.9 Å². The van der Waals surface area contributed by atoms with Gasteiger partial charge in [0.2, 0.25) is 0 Å². The van der Waals surface area contributed by atoms with Gasteiger partial charge in [0.15, 0.2) is 0 Å². The Hall–Kier alpha value is -0.620. The zero-order valence-electron chi connectivity index (χ0n) is 11.3. The monoisotopic (exact) mass is 286 g/mol. The number of carbonyl (C=O) groups is 2.